The van der Waals surface area contributed by atoms with Crippen LogP contribution in [-0.4, -0.2) is 0 Å². The summed E-state index contributed by atoms with van der Waals surface area (Å²) in [5, 5.41) is 0. The summed E-state index contributed by atoms with van der Waals surface area (Å²) < 4.78 is 0. The number of hydrogen-bond acceptors (Lipinski definition) is 2. The minimum absolute atomic E-state index is 0. The average Bonchev–Trinajstić information content (AvgIpc) is 3.19. The van der Waals surface area contributed by atoms with Crippen LogP contribution in [0.3, 0.4) is 0 Å². The molecule has 2 heterocycles. The van der Waals surface area contributed by atoms with Gasteiger partial charge in [0, 0.05) is 47.0 Å². The van der Waals surface area contributed by atoms with Crippen molar-refractivity contribution in [3.05, 3.63) is 168 Å². The molecule has 0 bridgehead atoms. The lowest BCUT2D eigenvalue weighted by molar-refractivity contribution is 1.08. The van der Waals surface area contributed by atoms with Crippen molar-refractivity contribution in [2.24, 2.45) is 0 Å². The summed E-state index contributed by atoms with van der Waals surface area (Å²) >= 11 is 0. The molecule has 0 radical (unpaired) electrons. The zero-order chi connectivity index (χ0) is 35.2. The lowest BCUT2D eigenvalue weighted by atomic mass is 9.89. The van der Waals surface area contributed by atoms with Crippen molar-refractivity contribution in [2.75, 3.05) is 9.80 Å². The summed E-state index contributed by atoms with van der Waals surface area (Å²) in [6, 6.07) is 52.9. The van der Waals surface area contributed by atoms with Gasteiger partial charge in [0.05, 0.1) is 0 Å². The van der Waals surface area contributed by atoms with Gasteiger partial charge in [0.25, 0.3) is 0 Å². The molecule has 6 aromatic rings. The summed E-state index contributed by atoms with van der Waals surface area (Å²) in [6.07, 6.45) is 3.12. The second kappa shape index (κ2) is 21.2. The maximum atomic E-state index is 2.40. The highest BCUT2D eigenvalue weighted by Gasteiger charge is 2.26. The molecule has 0 atom stereocenters. The third-order valence-electron chi connectivity index (χ3n) is 8.23. The van der Waals surface area contributed by atoms with Crippen molar-refractivity contribution in [3.8, 4) is 11.1 Å². The Bertz CT molecular complexity index is 1740. The van der Waals surface area contributed by atoms with Crippen LogP contribution in [0.1, 0.15) is 98.9 Å². The zero-order valence-corrected chi connectivity index (χ0v) is 30.9. The largest absolute Gasteiger partial charge is 0.310 e. The van der Waals surface area contributed by atoms with E-state index in [0.29, 0.717) is 0 Å². The Balaban J connectivity index is 0.000000758. The fourth-order valence-electron chi connectivity index (χ4n) is 6.39. The van der Waals surface area contributed by atoms with Gasteiger partial charge in [0.15, 0.2) is 0 Å². The Morgan fingerprint density at radius 1 is 0.373 bits per heavy atom. The number of nitrogens with zero attached hydrogens (tertiary/aromatic N) is 2. The van der Waals surface area contributed by atoms with Crippen LogP contribution in [0, 0.1) is 0 Å². The first-order valence-corrected chi connectivity index (χ1v) is 18.4. The van der Waals surface area contributed by atoms with Crippen LogP contribution in [0.4, 0.5) is 34.1 Å². The van der Waals surface area contributed by atoms with Gasteiger partial charge in [0.1, 0.15) is 0 Å². The summed E-state index contributed by atoms with van der Waals surface area (Å²) in [6.45, 7) is 16.2. The van der Waals surface area contributed by atoms with Crippen LogP contribution in [-0.2, 0) is 12.8 Å². The van der Waals surface area contributed by atoms with E-state index in [9.17, 15) is 0 Å². The smallest absolute Gasteiger partial charge is 0.0497 e. The Kier molecular flexibility index (Phi) is 17.5. The van der Waals surface area contributed by atoms with E-state index in [-0.39, 0.29) is 14.9 Å². The second-order valence-corrected chi connectivity index (χ2v) is 11.3. The van der Waals surface area contributed by atoms with Gasteiger partial charge < -0.3 is 9.80 Å². The molecule has 51 heavy (non-hydrogen) atoms. The van der Waals surface area contributed by atoms with E-state index in [1.807, 2.05) is 41.5 Å². The summed E-state index contributed by atoms with van der Waals surface area (Å²) in [4.78, 5) is 4.80. The Labute approximate surface area is 311 Å². The molecule has 268 valence electrons. The minimum Gasteiger partial charge on any atom is -0.310 e. The summed E-state index contributed by atoms with van der Waals surface area (Å²) in [5.41, 5.74) is 15.4. The molecule has 0 saturated heterocycles. The van der Waals surface area contributed by atoms with E-state index in [4.69, 9.17) is 0 Å². The van der Waals surface area contributed by atoms with Gasteiger partial charge in [-0.05, 0) is 94.0 Å². The zero-order valence-electron chi connectivity index (χ0n) is 30.9. The van der Waals surface area contributed by atoms with Crippen LogP contribution in [0.2, 0.25) is 0 Å². The van der Waals surface area contributed by atoms with Gasteiger partial charge in [-0.1, -0.05) is 162 Å². The molecule has 0 aromatic heterocycles. The van der Waals surface area contributed by atoms with Crippen LogP contribution >= 0.6 is 0 Å². The SMILES string of the molecule is C.C.CC.CC.CC.CCC.c1ccc(N2c3ccccc3Cc3cc(-c4ccc5c(c4)Cc4ccccc4N5c4ccccc4)ccc32)cc1. The average molecular weight is 679 g/mol. The Hall–Kier alpha value is -5.08. The van der Waals surface area contributed by atoms with Gasteiger partial charge in [0.2, 0.25) is 0 Å². The van der Waals surface area contributed by atoms with E-state index in [1.54, 1.807) is 0 Å². The summed E-state index contributed by atoms with van der Waals surface area (Å²) in [7, 11) is 0. The fourth-order valence-corrected chi connectivity index (χ4v) is 6.39. The molecule has 0 amide bonds. The lowest BCUT2D eigenvalue weighted by Gasteiger charge is -2.34. The van der Waals surface area contributed by atoms with Crippen molar-refractivity contribution in [2.45, 2.75) is 89.5 Å². The lowest BCUT2D eigenvalue weighted by Crippen LogP contribution is -2.19. The van der Waals surface area contributed by atoms with Crippen LogP contribution in [0.15, 0.2) is 146 Å². The summed E-state index contributed by atoms with van der Waals surface area (Å²) in [5.74, 6) is 0. The van der Waals surface area contributed by atoms with E-state index in [1.165, 1.54) is 73.9 Å². The molecule has 8 rings (SSSR count). The Morgan fingerprint density at radius 3 is 1.02 bits per heavy atom. The van der Waals surface area contributed by atoms with E-state index >= 15 is 0 Å². The number of anilines is 6. The first-order valence-electron chi connectivity index (χ1n) is 18.4. The topological polar surface area (TPSA) is 6.48 Å². The molecule has 2 aliphatic heterocycles. The molecule has 2 aliphatic rings. The second-order valence-electron chi connectivity index (χ2n) is 11.3. The van der Waals surface area contributed by atoms with Gasteiger partial charge >= 0.3 is 0 Å². The molecule has 0 aliphatic carbocycles. The molecular formula is C49H62N2. The third kappa shape index (κ3) is 9.18. The van der Waals surface area contributed by atoms with Crippen LogP contribution < -0.4 is 9.80 Å². The first kappa shape index (κ1) is 42.1. The standard InChI is InChI=1S/C38H28N2.C3H8.3C2H6.2CH4/c1-3-13-33(14-4-1)39-35-17-9-7-11-29(35)25-31-23-27(19-21-37(31)39)28-20-22-38-32(24-28)26-30-12-8-10-18-36(30)40(38)34-15-5-2-6-16-34;1-3-2;3*1-2;;/h1-24H,25-26H2;3H2,1-2H3;3*1-2H3;2*1H4. The minimum atomic E-state index is 0. The van der Waals surface area contributed by atoms with Crippen molar-refractivity contribution in [1.29, 1.82) is 0 Å². The molecular weight excluding hydrogens is 617 g/mol. The molecule has 0 spiro atoms. The van der Waals surface area contributed by atoms with E-state index in [2.05, 4.69) is 169 Å². The van der Waals surface area contributed by atoms with Gasteiger partial charge in [-0.15, -0.1) is 0 Å². The highest BCUT2D eigenvalue weighted by molar-refractivity contribution is 5.87. The molecule has 0 fully saturated rings. The molecule has 0 unspecified atom stereocenters. The molecule has 2 nitrogen and oxygen atoms in total. The number of benzene rings is 6. The van der Waals surface area contributed by atoms with Crippen molar-refractivity contribution < 1.29 is 0 Å². The van der Waals surface area contributed by atoms with Crippen molar-refractivity contribution in [3.63, 3.8) is 0 Å². The van der Waals surface area contributed by atoms with E-state index in [0.717, 1.165) is 12.8 Å². The highest BCUT2D eigenvalue weighted by atomic mass is 15.2. The van der Waals surface area contributed by atoms with Gasteiger partial charge in [-0.2, -0.15) is 0 Å². The molecule has 0 N–H and O–H groups in total. The first-order chi connectivity index (χ1) is 24.2. The quantitative estimate of drug-likeness (QED) is 0.183. The van der Waals surface area contributed by atoms with Gasteiger partial charge in [-0.3, -0.25) is 0 Å². The number of fused-ring (bicyclic) bond motifs is 4. The molecule has 2 heteroatoms. The maximum absolute atomic E-state index is 2.40. The normalized spacial score (nSPS) is 11.1. The maximum Gasteiger partial charge on any atom is 0.0497 e. The Morgan fingerprint density at radius 2 is 0.667 bits per heavy atom. The highest BCUT2D eigenvalue weighted by Crippen LogP contribution is 2.47. The number of hydrogen-bond donors (Lipinski definition) is 0. The third-order valence-corrected chi connectivity index (χ3v) is 8.23. The predicted molar refractivity (Wildman–Crippen MR) is 230 cm³/mol. The molecule has 6 aromatic carbocycles. The fraction of sp³-hybridized carbons (Fsp3) is 0.265. The van der Waals surface area contributed by atoms with Crippen LogP contribution in [0.5, 0.6) is 0 Å². The number of para-hydroxylation sites is 4. The number of rotatable bonds is 3. The molecule has 0 saturated carbocycles. The van der Waals surface area contributed by atoms with Crippen LogP contribution in [0.25, 0.3) is 11.1 Å². The van der Waals surface area contributed by atoms with Crippen molar-refractivity contribution in [1.82, 2.24) is 0 Å². The van der Waals surface area contributed by atoms with E-state index < -0.39 is 0 Å². The van der Waals surface area contributed by atoms with Crippen molar-refractivity contribution >= 4 is 34.1 Å². The van der Waals surface area contributed by atoms with Gasteiger partial charge in [-0.25, -0.2) is 0 Å². The predicted octanol–water partition coefficient (Wildman–Crippen LogP) is 15.9. The monoisotopic (exact) mass is 678 g/mol.